The number of benzene rings is 2. The summed E-state index contributed by atoms with van der Waals surface area (Å²) in [4.78, 5) is 12.7. The third kappa shape index (κ3) is 5.12. The SMILES string of the molecule is CCOc1cc(C(=O)N[C@H](C)c2ccc(F)cc2F)cc(OCC)c1OCC. The molecule has 0 saturated heterocycles. The third-order valence-electron chi connectivity index (χ3n) is 3.95. The Morgan fingerprint density at radius 1 is 0.964 bits per heavy atom. The molecule has 0 radical (unpaired) electrons. The summed E-state index contributed by atoms with van der Waals surface area (Å²) in [5.41, 5.74) is 0.473. The van der Waals surface area contributed by atoms with Gasteiger partial charge in [0, 0.05) is 17.2 Å². The zero-order valence-electron chi connectivity index (χ0n) is 16.5. The van der Waals surface area contributed by atoms with Crippen LogP contribution in [0.25, 0.3) is 0 Å². The van der Waals surface area contributed by atoms with Crippen molar-refractivity contribution in [2.24, 2.45) is 0 Å². The van der Waals surface area contributed by atoms with Crippen molar-refractivity contribution in [2.45, 2.75) is 33.7 Å². The molecule has 0 heterocycles. The van der Waals surface area contributed by atoms with Crippen molar-refractivity contribution in [3.05, 3.63) is 53.1 Å². The fourth-order valence-electron chi connectivity index (χ4n) is 2.73. The summed E-state index contributed by atoms with van der Waals surface area (Å²) in [7, 11) is 0. The van der Waals surface area contributed by atoms with Gasteiger partial charge in [-0.2, -0.15) is 0 Å². The predicted octanol–water partition coefficient (Wildman–Crippen LogP) is 4.65. The number of hydrogen-bond donors (Lipinski definition) is 1. The van der Waals surface area contributed by atoms with Crippen LogP contribution in [-0.2, 0) is 0 Å². The number of carbonyl (C=O) groups excluding carboxylic acids is 1. The minimum atomic E-state index is -0.718. The number of carbonyl (C=O) groups is 1. The largest absolute Gasteiger partial charge is 0.490 e. The lowest BCUT2D eigenvalue weighted by atomic mass is 10.1. The van der Waals surface area contributed by atoms with E-state index >= 15 is 0 Å². The smallest absolute Gasteiger partial charge is 0.252 e. The van der Waals surface area contributed by atoms with Crippen LogP contribution < -0.4 is 19.5 Å². The molecule has 7 heteroatoms. The molecule has 1 N–H and O–H groups in total. The molecule has 5 nitrogen and oxygen atoms in total. The lowest BCUT2D eigenvalue weighted by Gasteiger charge is -2.19. The van der Waals surface area contributed by atoms with E-state index in [-0.39, 0.29) is 11.1 Å². The van der Waals surface area contributed by atoms with Crippen LogP contribution in [0.3, 0.4) is 0 Å². The molecular weight excluding hydrogens is 368 g/mol. The molecule has 152 valence electrons. The zero-order valence-corrected chi connectivity index (χ0v) is 16.5. The minimum Gasteiger partial charge on any atom is -0.490 e. The van der Waals surface area contributed by atoms with E-state index in [1.165, 1.54) is 6.07 Å². The van der Waals surface area contributed by atoms with Crippen molar-refractivity contribution in [1.82, 2.24) is 5.32 Å². The summed E-state index contributed by atoms with van der Waals surface area (Å²) in [6.07, 6.45) is 0. The van der Waals surface area contributed by atoms with E-state index in [1.807, 2.05) is 20.8 Å². The van der Waals surface area contributed by atoms with Gasteiger partial charge in [-0.1, -0.05) is 6.07 Å². The topological polar surface area (TPSA) is 56.8 Å². The van der Waals surface area contributed by atoms with E-state index in [2.05, 4.69) is 5.32 Å². The second kappa shape index (κ2) is 9.92. The molecule has 0 aliphatic heterocycles. The van der Waals surface area contributed by atoms with Crippen molar-refractivity contribution < 1.29 is 27.8 Å². The van der Waals surface area contributed by atoms with Crippen LogP contribution in [0.2, 0.25) is 0 Å². The van der Waals surface area contributed by atoms with Gasteiger partial charge in [0.05, 0.1) is 25.9 Å². The Morgan fingerprint density at radius 2 is 1.54 bits per heavy atom. The molecule has 0 aliphatic rings. The molecule has 2 aromatic rings. The summed E-state index contributed by atoms with van der Waals surface area (Å²) < 4.78 is 43.9. The fourth-order valence-corrected chi connectivity index (χ4v) is 2.73. The Morgan fingerprint density at radius 3 is 2.04 bits per heavy atom. The van der Waals surface area contributed by atoms with Gasteiger partial charge in [0.2, 0.25) is 5.75 Å². The van der Waals surface area contributed by atoms with Crippen LogP contribution in [0.5, 0.6) is 17.2 Å². The first kappa shape index (κ1) is 21.5. The van der Waals surface area contributed by atoms with Gasteiger partial charge in [0.15, 0.2) is 11.5 Å². The lowest BCUT2D eigenvalue weighted by molar-refractivity contribution is 0.0938. The molecule has 28 heavy (non-hydrogen) atoms. The normalized spacial score (nSPS) is 11.6. The van der Waals surface area contributed by atoms with Gasteiger partial charge in [0.25, 0.3) is 5.91 Å². The molecular formula is C21H25F2NO4. The second-order valence-corrected chi connectivity index (χ2v) is 5.96. The molecule has 1 amide bonds. The van der Waals surface area contributed by atoms with Crippen LogP contribution in [0.4, 0.5) is 8.78 Å². The van der Waals surface area contributed by atoms with Gasteiger partial charge in [-0.25, -0.2) is 8.78 Å². The maximum atomic E-state index is 14.0. The second-order valence-electron chi connectivity index (χ2n) is 5.96. The number of amides is 1. The van der Waals surface area contributed by atoms with E-state index < -0.39 is 23.6 Å². The molecule has 1 atom stereocenters. The van der Waals surface area contributed by atoms with Crippen molar-refractivity contribution in [3.8, 4) is 17.2 Å². The minimum absolute atomic E-state index is 0.191. The van der Waals surface area contributed by atoms with Gasteiger partial charge < -0.3 is 19.5 Å². The standard InChI is InChI=1S/C21H25F2NO4/c1-5-26-18-10-14(11-19(27-6-2)20(18)28-7-3)21(25)24-13(4)16-9-8-15(22)12-17(16)23/h8-13H,5-7H2,1-4H3,(H,24,25)/t13-/m1/s1. The van der Waals surface area contributed by atoms with Gasteiger partial charge in [-0.3, -0.25) is 4.79 Å². The van der Waals surface area contributed by atoms with E-state index in [0.29, 0.717) is 37.1 Å². The van der Waals surface area contributed by atoms with Gasteiger partial charge >= 0.3 is 0 Å². The van der Waals surface area contributed by atoms with E-state index in [4.69, 9.17) is 14.2 Å². The van der Waals surface area contributed by atoms with Crippen LogP contribution in [0.1, 0.15) is 49.7 Å². The monoisotopic (exact) mass is 393 g/mol. The molecule has 0 aromatic heterocycles. The summed E-state index contributed by atoms with van der Waals surface area (Å²) in [6, 6.07) is 5.70. The average molecular weight is 393 g/mol. The highest BCUT2D eigenvalue weighted by molar-refractivity contribution is 5.95. The Kier molecular flexibility index (Phi) is 7.61. The van der Waals surface area contributed by atoms with Crippen LogP contribution in [-0.4, -0.2) is 25.7 Å². The highest BCUT2D eigenvalue weighted by Gasteiger charge is 2.20. The summed E-state index contributed by atoms with van der Waals surface area (Å²) in [5.74, 6) is -0.623. The Bertz CT molecular complexity index is 799. The van der Waals surface area contributed by atoms with E-state index in [9.17, 15) is 13.6 Å². The number of rotatable bonds is 9. The molecule has 0 bridgehead atoms. The molecule has 0 aliphatic carbocycles. The Hall–Kier alpha value is -2.83. The van der Waals surface area contributed by atoms with Gasteiger partial charge in [-0.05, 0) is 45.9 Å². The van der Waals surface area contributed by atoms with E-state index in [0.717, 1.165) is 12.1 Å². The lowest BCUT2D eigenvalue weighted by Crippen LogP contribution is -2.27. The van der Waals surface area contributed by atoms with Crippen LogP contribution in [0, 0.1) is 11.6 Å². The van der Waals surface area contributed by atoms with Crippen molar-refractivity contribution in [3.63, 3.8) is 0 Å². The number of hydrogen-bond acceptors (Lipinski definition) is 4. The molecule has 2 rings (SSSR count). The van der Waals surface area contributed by atoms with Gasteiger partial charge in [0.1, 0.15) is 11.6 Å². The highest BCUT2D eigenvalue weighted by Crippen LogP contribution is 2.39. The number of nitrogens with one attached hydrogen (secondary N) is 1. The molecule has 0 fully saturated rings. The maximum Gasteiger partial charge on any atom is 0.252 e. The first-order chi connectivity index (χ1) is 13.4. The zero-order chi connectivity index (χ0) is 20.7. The average Bonchev–Trinajstić information content (AvgIpc) is 2.64. The van der Waals surface area contributed by atoms with Crippen LogP contribution in [0.15, 0.2) is 30.3 Å². The number of ether oxygens (including phenoxy) is 3. The van der Waals surface area contributed by atoms with Gasteiger partial charge in [-0.15, -0.1) is 0 Å². The van der Waals surface area contributed by atoms with Crippen LogP contribution >= 0.6 is 0 Å². The summed E-state index contributed by atoms with van der Waals surface area (Å²) >= 11 is 0. The van der Waals surface area contributed by atoms with E-state index in [1.54, 1.807) is 19.1 Å². The Balaban J connectivity index is 2.32. The molecule has 0 spiro atoms. The summed E-state index contributed by atoms with van der Waals surface area (Å²) in [5, 5.41) is 2.71. The predicted molar refractivity (Wildman–Crippen MR) is 102 cm³/mol. The first-order valence-electron chi connectivity index (χ1n) is 9.23. The first-order valence-corrected chi connectivity index (χ1v) is 9.23. The fraction of sp³-hybridized carbons (Fsp3) is 0.381. The third-order valence-corrected chi connectivity index (χ3v) is 3.95. The number of halogens is 2. The molecule has 0 saturated carbocycles. The molecule has 0 unspecified atom stereocenters. The quantitative estimate of drug-likeness (QED) is 0.674. The summed E-state index contributed by atoms with van der Waals surface area (Å²) in [6.45, 7) is 8.28. The maximum absolute atomic E-state index is 14.0. The molecule has 2 aromatic carbocycles. The Labute approximate surface area is 163 Å². The van der Waals surface area contributed by atoms with Crippen molar-refractivity contribution in [2.75, 3.05) is 19.8 Å². The van der Waals surface area contributed by atoms with Crippen molar-refractivity contribution >= 4 is 5.91 Å². The van der Waals surface area contributed by atoms with Crippen molar-refractivity contribution in [1.29, 1.82) is 0 Å². The highest BCUT2D eigenvalue weighted by atomic mass is 19.1.